The molecule has 0 aromatic carbocycles. The zero-order valence-corrected chi connectivity index (χ0v) is 12.7. The van der Waals surface area contributed by atoms with Crippen LogP contribution < -0.4 is 5.32 Å². The molecule has 4 nitrogen and oxygen atoms in total. The second-order valence-corrected chi connectivity index (χ2v) is 5.72. The third kappa shape index (κ3) is 5.83. The van der Waals surface area contributed by atoms with Crippen LogP contribution in [0.25, 0.3) is 0 Å². The smallest absolute Gasteiger partial charge is 0.321 e. The lowest BCUT2D eigenvalue weighted by molar-refractivity contribution is -0.144. The molecule has 0 spiro atoms. The molecular formula is C14H30N2O2. The molecular weight excluding hydrogens is 228 g/mol. The van der Waals surface area contributed by atoms with Crippen LogP contribution in [0.1, 0.15) is 40.5 Å². The highest BCUT2D eigenvalue weighted by Crippen LogP contribution is 2.15. The Kier molecular flexibility index (Phi) is 8.20. The number of nitrogens with one attached hydrogen (secondary N) is 1. The molecule has 0 aromatic heterocycles. The first kappa shape index (κ1) is 17.4. The Labute approximate surface area is 112 Å². The highest BCUT2D eigenvalue weighted by molar-refractivity contribution is 5.73. The summed E-state index contributed by atoms with van der Waals surface area (Å²) in [6, 6.07) is -0.0427. The minimum atomic E-state index is -0.716. The minimum Gasteiger partial charge on any atom is -0.480 e. The highest BCUT2D eigenvalue weighted by Gasteiger charge is 2.28. The summed E-state index contributed by atoms with van der Waals surface area (Å²) in [5, 5.41) is 12.6. The van der Waals surface area contributed by atoms with E-state index in [1.54, 1.807) is 0 Å². The van der Waals surface area contributed by atoms with Crippen LogP contribution in [-0.2, 0) is 4.79 Å². The van der Waals surface area contributed by atoms with Crippen molar-refractivity contribution >= 4 is 5.97 Å². The SMILES string of the molecule is CCC(C)[C@@H](C(=O)O)N(C)C[C@@H](CC(C)C)NC. The van der Waals surface area contributed by atoms with Gasteiger partial charge in [0.2, 0.25) is 0 Å². The van der Waals surface area contributed by atoms with Crippen LogP contribution in [-0.4, -0.2) is 48.7 Å². The van der Waals surface area contributed by atoms with E-state index in [0.717, 1.165) is 19.4 Å². The number of hydrogen-bond acceptors (Lipinski definition) is 3. The number of rotatable bonds is 9. The van der Waals surface area contributed by atoms with Gasteiger partial charge in [0.1, 0.15) is 6.04 Å². The lowest BCUT2D eigenvalue weighted by Crippen LogP contribution is -2.48. The van der Waals surface area contributed by atoms with Gasteiger partial charge in [-0.15, -0.1) is 0 Å². The third-order valence-electron chi connectivity index (χ3n) is 3.58. The van der Waals surface area contributed by atoms with Crippen LogP contribution in [0.4, 0.5) is 0 Å². The Morgan fingerprint density at radius 2 is 1.89 bits per heavy atom. The van der Waals surface area contributed by atoms with Crippen LogP contribution in [0.15, 0.2) is 0 Å². The van der Waals surface area contributed by atoms with Crippen LogP contribution in [0.3, 0.4) is 0 Å². The standard InChI is InChI=1S/C14H30N2O2/c1-7-11(4)13(14(17)18)16(6)9-12(15-5)8-10(2)3/h10-13,15H,7-9H2,1-6H3,(H,17,18)/t11?,12-,13+/m1/s1. The maximum Gasteiger partial charge on any atom is 0.321 e. The van der Waals surface area contributed by atoms with Crippen LogP contribution in [0, 0.1) is 11.8 Å². The molecule has 108 valence electrons. The van der Waals surface area contributed by atoms with Crippen molar-refractivity contribution in [1.82, 2.24) is 10.2 Å². The molecule has 0 amide bonds. The monoisotopic (exact) mass is 258 g/mol. The summed E-state index contributed by atoms with van der Waals surface area (Å²) in [7, 11) is 3.86. The van der Waals surface area contributed by atoms with Gasteiger partial charge in [-0.25, -0.2) is 0 Å². The summed E-state index contributed by atoms with van der Waals surface area (Å²) < 4.78 is 0. The van der Waals surface area contributed by atoms with Gasteiger partial charge in [0, 0.05) is 12.6 Å². The van der Waals surface area contributed by atoms with Crippen molar-refractivity contribution in [2.24, 2.45) is 11.8 Å². The fourth-order valence-electron chi connectivity index (χ4n) is 2.40. The summed E-state index contributed by atoms with van der Waals surface area (Å²) in [5.74, 6) is 0.0676. The zero-order chi connectivity index (χ0) is 14.3. The maximum absolute atomic E-state index is 11.4. The van der Waals surface area contributed by atoms with Gasteiger partial charge in [-0.05, 0) is 32.4 Å². The molecule has 1 unspecified atom stereocenters. The average molecular weight is 258 g/mol. The van der Waals surface area contributed by atoms with E-state index in [1.165, 1.54) is 0 Å². The predicted octanol–water partition coefficient (Wildman–Crippen LogP) is 2.05. The number of aliphatic carboxylic acids is 1. The van der Waals surface area contributed by atoms with E-state index in [1.807, 2.05) is 32.8 Å². The predicted molar refractivity (Wildman–Crippen MR) is 75.8 cm³/mol. The van der Waals surface area contributed by atoms with Gasteiger partial charge in [-0.1, -0.05) is 34.1 Å². The molecule has 4 heteroatoms. The normalized spacial score (nSPS) is 16.9. The summed E-state index contributed by atoms with van der Waals surface area (Å²) >= 11 is 0. The molecule has 0 bridgehead atoms. The summed E-state index contributed by atoms with van der Waals surface area (Å²) in [4.78, 5) is 13.3. The van der Waals surface area contributed by atoms with Crippen molar-refractivity contribution < 1.29 is 9.90 Å². The van der Waals surface area contributed by atoms with Gasteiger partial charge in [-0.3, -0.25) is 9.69 Å². The second kappa shape index (κ2) is 8.48. The molecule has 0 aliphatic carbocycles. The number of likely N-dealkylation sites (N-methyl/N-ethyl adjacent to an activating group) is 2. The Morgan fingerprint density at radius 3 is 2.22 bits per heavy atom. The second-order valence-electron chi connectivity index (χ2n) is 5.72. The fraction of sp³-hybridized carbons (Fsp3) is 0.929. The van der Waals surface area contributed by atoms with Crippen molar-refractivity contribution in [3.05, 3.63) is 0 Å². The van der Waals surface area contributed by atoms with Crippen LogP contribution in [0.2, 0.25) is 0 Å². The van der Waals surface area contributed by atoms with Crippen LogP contribution in [0.5, 0.6) is 0 Å². The van der Waals surface area contributed by atoms with E-state index >= 15 is 0 Å². The summed E-state index contributed by atoms with van der Waals surface area (Å²) in [6.07, 6.45) is 1.95. The van der Waals surface area contributed by atoms with Gasteiger partial charge >= 0.3 is 5.97 Å². The largest absolute Gasteiger partial charge is 0.480 e. The number of nitrogens with zero attached hydrogens (tertiary/aromatic N) is 1. The first-order chi connectivity index (χ1) is 8.33. The average Bonchev–Trinajstić information content (AvgIpc) is 2.26. The molecule has 2 N–H and O–H groups in total. The van der Waals surface area contributed by atoms with E-state index < -0.39 is 12.0 Å². The molecule has 0 saturated heterocycles. The quantitative estimate of drug-likeness (QED) is 0.664. The Balaban J connectivity index is 4.57. The van der Waals surface area contributed by atoms with Gasteiger partial charge in [0.25, 0.3) is 0 Å². The van der Waals surface area contributed by atoms with Crippen molar-refractivity contribution in [2.75, 3.05) is 20.6 Å². The van der Waals surface area contributed by atoms with E-state index in [0.29, 0.717) is 12.0 Å². The molecule has 0 aliphatic rings. The number of carboxylic acid groups (broad SMARTS) is 1. The fourth-order valence-corrected chi connectivity index (χ4v) is 2.40. The molecule has 0 heterocycles. The van der Waals surface area contributed by atoms with E-state index in [9.17, 15) is 9.90 Å². The lowest BCUT2D eigenvalue weighted by atomic mass is 9.96. The van der Waals surface area contributed by atoms with E-state index in [4.69, 9.17) is 0 Å². The Morgan fingerprint density at radius 1 is 1.33 bits per heavy atom. The first-order valence-electron chi connectivity index (χ1n) is 6.93. The molecule has 0 saturated carbocycles. The van der Waals surface area contributed by atoms with Gasteiger partial charge in [0.15, 0.2) is 0 Å². The molecule has 0 aliphatic heterocycles. The van der Waals surface area contributed by atoms with Crippen molar-refractivity contribution in [3.8, 4) is 0 Å². The lowest BCUT2D eigenvalue weighted by Gasteiger charge is -2.32. The van der Waals surface area contributed by atoms with E-state index in [-0.39, 0.29) is 5.92 Å². The molecule has 18 heavy (non-hydrogen) atoms. The number of carbonyl (C=O) groups is 1. The molecule has 0 aromatic rings. The van der Waals surface area contributed by atoms with E-state index in [2.05, 4.69) is 19.2 Å². The zero-order valence-electron chi connectivity index (χ0n) is 12.7. The third-order valence-corrected chi connectivity index (χ3v) is 3.58. The topological polar surface area (TPSA) is 52.6 Å². The van der Waals surface area contributed by atoms with Crippen molar-refractivity contribution in [1.29, 1.82) is 0 Å². The summed E-state index contributed by atoms with van der Waals surface area (Å²) in [5.41, 5.74) is 0. The van der Waals surface area contributed by atoms with Crippen LogP contribution >= 0.6 is 0 Å². The molecule has 0 fully saturated rings. The first-order valence-corrected chi connectivity index (χ1v) is 6.93. The Hall–Kier alpha value is -0.610. The molecule has 3 atom stereocenters. The minimum absolute atomic E-state index is 0.170. The number of hydrogen-bond donors (Lipinski definition) is 2. The maximum atomic E-state index is 11.4. The van der Waals surface area contributed by atoms with Gasteiger partial charge in [0.05, 0.1) is 0 Å². The Bertz CT molecular complexity index is 244. The van der Waals surface area contributed by atoms with Crippen molar-refractivity contribution in [2.45, 2.75) is 52.6 Å². The molecule has 0 rings (SSSR count). The number of carboxylic acids is 1. The van der Waals surface area contributed by atoms with Crippen molar-refractivity contribution in [3.63, 3.8) is 0 Å². The summed E-state index contributed by atoms with van der Waals surface area (Å²) in [6.45, 7) is 9.20. The molecule has 0 radical (unpaired) electrons. The van der Waals surface area contributed by atoms with Gasteiger partial charge < -0.3 is 10.4 Å². The van der Waals surface area contributed by atoms with Gasteiger partial charge in [-0.2, -0.15) is 0 Å². The highest BCUT2D eigenvalue weighted by atomic mass is 16.4.